The monoisotopic (exact) mass is 263 g/mol. The molecule has 1 rings (SSSR count). The molecule has 0 fully saturated rings. The molecule has 2 N–H and O–H groups in total. The van der Waals surface area contributed by atoms with E-state index in [-0.39, 0.29) is 0 Å². The molecule has 0 aliphatic rings. The van der Waals surface area contributed by atoms with Gasteiger partial charge in [-0.05, 0) is 50.8 Å². The van der Waals surface area contributed by atoms with Gasteiger partial charge in [0.2, 0.25) is 0 Å². The molecule has 3 heteroatoms. The third-order valence-corrected chi connectivity index (χ3v) is 3.69. The van der Waals surface area contributed by atoms with Crippen LogP contribution in [0.25, 0.3) is 0 Å². The molecule has 19 heavy (non-hydrogen) atoms. The lowest BCUT2D eigenvalue weighted by Gasteiger charge is -2.31. The maximum atomic E-state index is 5.61. The zero-order valence-electron chi connectivity index (χ0n) is 12.9. The van der Waals surface area contributed by atoms with Crippen molar-refractivity contribution >= 4 is 5.82 Å². The minimum Gasteiger partial charge on any atom is -0.354 e. The lowest BCUT2D eigenvalue weighted by atomic mass is 10.1. The predicted molar refractivity (Wildman–Crippen MR) is 83.7 cm³/mol. The van der Waals surface area contributed by atoms with E-state index >= 15 is 0 Å². The quantitative estimate of drug-likeness (QED) is 0.782. The molecule has 1 atom stereocenters. The molecule has 0 radical (unpaired) electrons. The van der Waals surface area contributed by atoms with Crippen LogP contribution in [0.4, 0.5) is 5.82 Å². The summed E-state index contributed by atoms with van der Waals surface area (Å²) in [7, 11) is 0. The molecule has 0 spiro atoms. The highest BCUT2D eigenvalue weighted by atomic mass is 15.2. The minimum atomic E-state index is 0.540. The van der Waals surface area contributed by atoms with Crippen LogP contribution in [0.2, 0.25) is 0 Å². The molecule has 0 bridgehead atoms. The maximum Gasteiger partial charge on any atom is 0.131 e. The Morgan fingerprint density at radius 1 is 1.37 bits per heavy atom. The van der Waals surface area contributed by atoms with E-state index in [1.54, 1.807) is 0 Å². The predicted octanol–water partition coefficient (Wildman–Crippen LogP) is 3.30. The van der Waals surface area contributed by atoms with Crippen molar-refractivity contribution in [2.24, 2.45) is 5.73 Å². The molecule has 0 aliphatic carbocycles. The van der Waals surface area contributed by atoms with Crippen LogP contribution in [0.3, 0.4) is 0 Å². The highest BCUT2D eigenvalue weighted by Crippen LogP contribution is 2.22. The lowest BCUT2D eigenvalue weighted by Crippen LogP contribution is -2.34. The van der Waals surface area contributed by atoms with Gasteiger partial charge >= 0.3 is 0 Å². The van der Waals surface area contributed by atoms with E-state index in [2.05, 4.69) is 43.6 Å². The molecular formula is C16H29N3. The first kappa shape index (κ1) is 16.0. The van der Waals surface area contributed by atoms with Gasteiger partial charge in [0, 0.05) is 18.8 Å². The number of hydrogen-bond acceptors (Lipinski definition) is 3. The smallest absolute Gasteiger partial charge is 0.131 e. The van der Waals surface area contributed by atoms with Crippen LogP contribution in [-0.4, -0.2) is 24.1 Å². The van der Waals surface area contributed by atoms with Crippen LogP contribution >= 0.6 is 0 Å². The summed E-state index contributed by atoms with van der Waals surface area (Å²) in [4.78, 5) is 7.14. The van der Waals surface area contributed by atoms with Gasteiger partial charge in [-0.2, -0.15) is 0 Å². The normalized spacial score (nSPS) is 12.5. The number of hydrogen-bond donors (Lipinski definition) is 1. The summed E-state index contributed by atoms with van der Waals surface area (Å²) in [5.41, 5.74) is 8.11. The van der Waals surface area contributed by atoms with E-state index in [0.717, 1.165) is 25.2 Å². The van der Waals surface area contributed by atoms with Gasteiger partial charge in [0.15, 0.2) is 0 Å². The molecule has 3 nitrogen and oxygen atoms in total. The summed E-state index contributed by atoms with van der Waals surface area (Å²) in [6.07, 6.45) is 6.48. The Bertz CT molecular complexity index is 376. The number of nitrogens with two attached hydrogens (primary N) is 1. The average molecular weight is 263 g/mol. The summed E-state index contributed by atoms with van der Waals surface area (Å²) >= 11 is 0. The van der Waals surface area contributed by atoms with Crippen LogP contribution in [0.15, 0.2) is 12.3 Å². The standard InChI is InChI=1S/C16H29N3/c1-5-7-10-19(14(4)6-2)16-13(3)11-15(8-9-17)12-18-16/h11-12,14H,5-10,17H2,1-4H3. The average Bonchev–Trinajstić information content (AvgIpc) is 2.41. The summed E-state index contributed by atoms with van der Waals surface area (Å²) in [6.45, 7) is 10.7. The Morgan fingerprint density at radius 3 is 2.63 bits per heavy atom. The van der Waals surface area contributed by atoms with E-state index in [9.17, 15) is 0 Å². The minimum absolute atomic E-state index is 0.540. The number of pyridine rings is 1. The second-order valence-corrected chi connectivity index (χ2v) is 5.33. The molecule has 108 valence electrons. The van der Waals surface area contributed by atoms with Crippen LogP contribution in [0.1, 0.15) is 51.2 Å². The van der Waals surface area contributed by atoms with Gasteiger partial charge in [0.1, 0.15) is 5.82 Å². The highest BCUT2D eigenvalue weighted by molar-refractivity contribution is 5.48. The Kier molecular flexibility index (Phi) is 6.85. The lowest BCUT2D eigenvalue weighted by molar-refractivity contribution is 0.588. The van der Waals surface area contributed by atoms with E-state index < -0.39 is 0 Å². The molecule has 0 saturated carbocycles. The van der Waals surface area contributed by atoms with Crippen molar-refractivity contribution in [3.8, 4) is 0 Å². The fourth-order valence-corrected chi connectivity index (χ4v) is 2.31. The zero-order chi connectivity index (χ0) is 14.3. The molecule has 0 aliphatic heterocycles. The second kappa shape index (κ2) is 8.16. The van der Waals surface area contributed by atoms with Crippen molar-refractivity contribution in [3.05, 3.63) is 23.4 Å². The Labute approximate surface area is 118 Å². The third kappa shape index (κ3) is 4.50. The van der Waals surface area contributed by atoms with Crippen LogP contribution in [0.5, 0.6) is 0 Å². The summed E-state index contributed by atoms with van der Waals surface area (Å²) in [6, 6.07) is 2.77. The van der Waals surface area contributed by atoms with Gasteiger partial charge in [-0.15, -0.1) is 0 Å². The number of aryl methyl sites for hydroxylation is 1. The van der Waals surface area contributed by atoms with Gasteiger partial charge < -0.3 is 10.6 Å². The number of anilines is 1. The molecule has 1 unspecified atom stereocenters. The molecular weight excluding hydrogens is 234 g/mol. The maximum absolute atomic E-state index is 5.61. The third-order valence-electron chi connectivity index (χ3n) is 3.69. The van der Waals surface area contributed by atoms with Gasteiger partial charge in [0.05, 0.1) is 0 Å². The second-order valence-electron chi connectivity index (χ2n) is 5.33. The van der Waals surface area contributed by atoms with Crippen molar-refractivity contribution < 1.29 is 0 Å². The Balaban J connectivity index is 2.94. The van der Waals surface area contributed by atoms with Crippen LogP contribution in [0, 0.1) is 6.92 Å². The summed E-state index contributed by atoms with van der Waals surface area (Å²) < 4.78 is 0. The number of unbranched alkanes of at least 4 members (excludes halogenated alkanes) is 1. The Hall–Kier alpha value is -1.09. The molecule has 1 heterocycles. The van der Waals surface area contributed by atoms with Crippen molar-refractivity contribution in [2.75, 3.05) is 18.0 Å². The SMILES string of the molecule is CCCCN(c1ncc(CCN)cc1C)C(C)CC. The fraction of sp³-hybridized carbons (Fsp3) is 0.688. The molecule has 0 aromatic carbocycles. The van der Waals surface area contributed by atoms with Crippen LogP contribution in [-0.2, 0) is 6.42 Å². The van der Waals surface area contributed by atoms with Gasteiger partial charge in [0.25, 0.3) is 0 Å². The van der Waals surface area contributed by atoms with Gasteiger partial charge in [-0.3, -0.25) is 0 Å². The summed E-state index contributed by atoms with van der Waals surface area (Å²) in [5.74, 6) is 1.14. The highest BCUT2D eigenvalue weighted by Gasteiger charge is 2.16. The van der Waals surface area contributed by atoms with Gasteiger partial charge in [-0.1, -0.05) is 26.3 Å². The molecule has 0 amide bonds. The Morgan fingerprint density at radius 2 is 2.11 bits per heavy atom. The number of nitrogens with zero attached hydrogens (tertiary/aromatic N) is 2. The van der Waals surface area contributed by atoms with E-state index in [1.165, 1.54) is 24.0 Å². The molecule has 1 aromatic rings. The first-order valence-corrected chi connectivity index (χ1v) is 7.56. The topological polar surface area (TPSA) is 42.2 Å². The largest absolute Gasteiger partial charge is 0.354 e. The van der Waals surface area contributed by atoms with Gasteiger partial charge in [-0.25, -0.2) is 4.98 Å². The van der Waals surface area contributed by atoms with Crippen molar-refractivity contribution in [1.29, 1.82) is 0 Å². The van der Waals surface area contributed by atoms with Crippen molar-refractivity contribution in [2.45, 2.75) is 59.4 Å². The summed E-state index contributed by atoms with van der Waals surface area (Å²) in [5, 5.41) is 0. The number of rotatable bonds is 8. The van der Waals surface area contributed by atoms with Crippen molar-refractivity contribution in [1.82, 2.24) is 4.98 Å². The molecule has 0 saturated heterocycles. The molecule has 1 aromatic heterocycles. The first-order chi connectivity index (χ1) is 9.13. The van der Waals surface area contributed by atoms with Crippen molar-refractivity contribution in [3.63, 3.8) is 0 Å². The van der Waals surface area contributed by atoms with E-state index in [0.29, 0.717) is 12.6 Å². The first-order valence-electron chi connectivity index (χ1n) is 7.56. The van der Waals surface area contributed by atoms with Crippen LogP contribution < -0.4 is 10.6 Å². The van der Waals surface area contributed by atoms with E-state index in [1.807, 2.05) is 6.20 Å². The zero-order valence-corrected chi connectivity index (χ0v) is 12.9. The van der Waals surface area contributed by atoms with E-state index in [4.69, 9.17) is 5.73 Å². The fourth-order valence-electron chi connectivity index (χ4n) is 2.31. The number of aromatic nitrogens is 1.